The molecule has 1 aromatic rings. The van der Waals surface area contributed by atoms with Gasteiger partial charge in [0.25, 0.3) is 0 Å². The highest BCUT2D eigenvalue weighted by molar-refractivity contribution is 5.64. The predicted molar refractivity (Wildman–Crippen MR) is 46.6 cm³/mol. The van der Waals surface area contributed by atoms with E-state index in [9.17, 15) is 0 Å². The lowest BCUT2D eigenvalue weighted by Crippen LogP contribution is -1.89. The average Bonchev–Trinajstić information content (AvgIpc) is 2.05. The van der Waals surface area contributed by atoms with Crippen molar-refractivity contribution in [3.63, 3.8) is 0 Å². The quantitative estimate of drug-likeness (QED) is 0.633. The van der Waals surface area contributed by atoms with Crippen LogP contribution in [0.25, 0.3) is 5.57 Å². The van der Waals surface area contributed by atoms with Crippen molar-refractivity contribution < 1.29 is 5.21 Å². The number of allylic oxidation sites excluding steroid dienone is 1. The van der Waals surface area contributed by atoms with Crippen LogP contribution in [0.3, 0.4) is 0 Å². The fraction of sp³-hybridized carbons (Fsp3) is 0.111. The van der Waals surface area contributed by atoms with Crippen molar-refractivity contribution in [2.45, 2.75) is 6.92 Å². The molecule has 0 radical (unpaired) electrons. The van der Waals surface area contributed by atoms with E-state index in [2.05, 4.69) is 12.1 Å². The average molecular weight is 149 g/mol. The molecule has 2 heteroatoms. The van der Waals surface area contributed by atoms with Crippen molar-refractivity contribution in [3.8, 4) is 0 Å². The molecule has 1 aromatic carbocycles. The Kier molecular flexibility index (Phi) is 2.28. The van der Waals surface area contributed by atoms with Gasteiger partial charge in [0, 0.05) is 0 Å². The second-order valence-corrected chi connectivity index (χ2v) is 2.47. The standard InChI is InChI=1S/C9H11NO/c1-7(2)8-4-3-5-9(6-8)10-11/h3-6,10-11H,1H2,2H3. The Morgan fingerprint density at radius 2 is 2.27 bits per heavy atom. The van der Waals surface area contributed by atoms with Crippen molar-refractivity contribution in [1.82, 2.24) is 0 Å². The molecule has 0 unspecified atom stereocenters. The Labute approximate surface area is 66.1 Å². The highest BCUT2D eigenvalue weighted by Gasteiger charge is 1.93. The Balaban J connectivity index is 3.01. The first-order valence-corrected chi connectivity index (χ1v) is 3.40. The molecule has 0 amide bonds. The molecule has 0 heterocycles. The van der Waals surface area contributed by atoms with Crippen molar-refractivity contribution >= 4 is 11.3 Å². The molecule has 0 aromatic heterocycles. The second-order valence-electron chi connectivity index (χ2n) is 2.47. The molecule has 0 aliphatic rings. The third-order valence-electron chi connectivity index (χ3n) is 1.48. The maximum Gasteiger partial charge on any atom is 0.0608 e. The van der Waals surface area contributed by atoms with Crippen LogP contribution in [0.4, 0.5) is 5.69 Å². The minimum Gasteiger partial charge on any atom is -0.291 e. The van der Waals surface area contributed by atoms with E-state index in [1.807, 2.05) is 25.1 Å². The summed E-state index contributed by atoms with van der Waals surface area (Å²) >= 11 is 0. The van der Waals surface area contributed by atoms with E-state index >= 15 is 0 Å². The minimum atomic E-state index is 0.686. The number of rotatable bonds is 2. The largest absolute Gasteiger partial charge is 0.291 e. The zero-order valence-corrected chi connectivity index (χ0v) is 6.46. The summed E-state index contributed by atoms with van der Waals surface area (Å²) in [5.74, 6) is 0. The highest BCUT2D eigenvalue weighted by atomic mass is 16.5. The fourth-order valence-corrected chi connectivity index (χ4v) is 0.854. The molecule has 11 heavy (non-hydrogen) atoms. The van der Waals surface area contributed by atoms with Crippen LogP contribution in [-0.2, 0) is 0 Å². The summed E-state index contributed by atoms with van der Waals surface area (Å²) in [7, 11) is 0. The number of nitrogens with one attached hydrogen (secondary N) is 1. The van der Waals surface area contributed by atoms with E-state index in [0.717, 1.165) is 11.1 Å². The Hall–Kier alpha value is -1.28. The molecule has 0 fully saturated rings. The summed E-state index contributed by atoms with van der Waals surface area (Å²) in [4.78, 5) is 0. The van der Waals surface area contributed by atoms with Crippen LogP contribution in [0, 0.1) is 0 Å². The molecular formula is C9H11NO. The van der Waals surface area contributed by atoms with Gasteiger partial charge in [-0.05, 0) is 24.6 Å². The summed E-state index contributed by atoms with van der Waals surface area (Å²) < 4.78 is 0. The molecule has 2 N–H and O–H groups in total. The summed E-state index contributed by atoms with van der Waals surface area (Å²) in [5, 5.41) is 8.56. The molecule has 0 bridgehead atoms. The van der Waals surface area contributed by atoms with Crippen LogP contribution in [-0.4, -0.2) is 5.21 Å². The second kappa shape index (κ2) is 3.21. The Morgan fingerprint density at radius 1 is 1.55 bits per heavy atom. The topological polar surface area (TPSA) is 32.3 Å². The van der Waals surface area contributed by atoms with E-state index in [0.29, 0.717) is 5.69 Å². The first kappa shape index (κ1) is 7.82. The van der Waals surface area contributed by atoms with Crippen LogP contribution < -0.4 is 5.48 Å². The third kappa shape index (κ3) is 1.82. The molecule has 2 nitrogen and oxygen atoms in total. The van der Waals surface area contributed by atoms with Gasteiger partial charge in [-0.15, -0.1) is 0 Å². The van der Waals surface area contributed by atoms with Crippen LogP contribution >= 0.6 is 0 Å². The number of hydrogen-bond acceptors (Lipinski definition) is 2. The van der Waals surface area contributed by atoms with Gasteiger partial charge in [-0.25, -0.2) is 0 Å². The lowest BCUT2D eigenvalue weighted by Gasteiger charge is -2.01. The van der Waals surface area contributed by atoms with Gasteiger partial charge in [0.05, 0.1) is 5.69 Å². The molecule has 0 saturated carbocycles. The maximum atomic E-state index is 8.56. The first-order chi connectivity index (χ1) is 5.24. The van der Waals surface area contributed by atoms with Crippen molar-refractivity contribution in [1.29, 1.82) is 0 Å². The van der Waals surface area contributed by atoms with E-state index in [1.165, 1.54) is 0 Å². The Bertz CT molecular complexity index is 268. The van der Waals surface area contributed by atoms with Crippen molar-refractivity contribution in [2.24, 2.45) is 0 Å². The van der Waals surface area contributed by atoms with Crippen molar-refractivity contribution in [3.05, 3.63) is 36.4 Å². The van der Waals surface area contributed by atoms with E-state index in [-0.39, 0.29) is 0 Å². The molecule has 0 aliphatic heterocycles. The number of hydrogen-bond donors (Lipinski definition) is 2. The zero-order chi connectivity index (χ0) is 8.27. The highest BCUT2D eigenvalue weighted by Crippen LogP contribution is 2.15. The van der Waals surface area contributed by atoms with Gasteiger partial charge in [0.2, 0.25) is 0 Å². The van der Waals surface area contributed by atoms with Crippen LogP contribution in [0.1, 0.15) is 12.5 Å². The minimum absolute atomic E-state index is 0.686. The summed E-state index contributed by atoms with van der Waals surface area (Å²) in [5.41, 5.74) is 4.79. The van der Waals surface area contributed by atoms with Gasteiger partial charge in [-0.3, -0.25) is 10.7 Å². The molecule has 0 saturated heterocycles. The summed E-state index contributed by atoms with van der Waals surface area (Å²) in [6.45, 7) is 5.72. The summed E-state index contributed by atoms with van der Waals surface area (Å²) in [6.07, 6.45) is 0. The van der Waals surface area contributed by atoms with Gasteiger partial charge in [0.1, 0.15) is 0 Å². The zero-order valence-electron chi connectivity index (χ0n) is 6.46. The van der Waals surface area contributed by atoms with Gasteiger partial charge < -0.3 is 0 Å². The van der Waals surface area contributed by atoms with Crippen molar-refractivity contribution in [2.75, 3.05) is 5.48 Å². The molecule has 0 spiro atoms. The monoisotopic (exact) mass is 149 g/mol. The molecular weight excluding hydrogens is 138 g/mol. The molecule has 0 atom stereocenters. The smallest absolute Gasteiger partial charge is 0.0608 e. The van der Waals surface area contributed by atoms with Crippen LogP contribution in [0.5, 0.6) is 0 Å². The first-order valence-electron chi connectivity index (χ1n) is 3.40. The fourth-order valence-electron chi connectivity index (χ4n) is 0.854. The lowest BCUT2D eigenvalue weighted by atomic mass is 10.1. The molecule has 0 aliphatic carbocycles. The van der Waals surface area contributed by atoms with E-state index < -0.39 is 0 Å². The number of anilines is 1. The molecule has 1 rings (SSSR count). The van der Waals surface area contributed by atoms with E-state index in [1.54, 1.807) is 6.07 Å². The third-order valence-corrected chi connectivity index (χ3v) is 1.48. The van der Waals surface area contributed by atoms with Crippen LogP contribution in [0.15, 0.2) is 30.8 Å². The normalized spacial score (nSPS) is 9.27. The van der Waals surface area contributed by atoms with Crippen LogP contribution in [0.2, 0.25) is 0 Å². The summed E-state index contributed by atoms with van der Waals surface area (Å²) in [6, 6.07) is 7.43. The van der Waals surface area contributed by atoms with Gasteiger partial charge in [0.15, 0.2) is 0 Å². The SMILES string of the molecule is C=C(C)c1cccc(NO)c1. The molecule has 58 valence electrons. The predicted octanol–water partition coefficient (Wildman–Crippen LogP) is 2.52. The lowest BCUT2D eigenvalue weighted by molar-refractivity contribution is 0.389. The van der Waals surface area contributed by atoms with Gasteiger partial charge >= 0.3 is 0 Å². The Morgan fingerprint density at radius 3 is 2.82 bits per heavy atom. The van der Waals surface area contributed by atoms with E-state index in [4.69, 9.17) is 5.21 Å². The van der Waals surface area contributed by atoms with Gasteiger partial charge in [-0.1, -0.05) is 24.3 Å². The van der Waals surface area contributed by atoms with Gasteiger partial charge in [-0.2, -0.15) is 0 Å². The maximum absolute atomic E-state index is 8.56. The number of benzene rings is 1.